The number of rotatable bonds is 7. The molecule has 28 heavy (non-hydrogen) atoms. The van der Waals surface area contributed by atoms with E-state index in [0.29, 0.717) is 7.14 Å². The van der Waals surface area contributed by atoms with Crippen LogP contribution in [0, 0.1) is 10.7 Å². The van der Waals surface area contributed by atoms with Crippen LogP contribution in [-0.4, -0.2) is 68.7 Å². The van der Waals surface area contributed by atoms with Gasteiger partial charge in [0.25, 0.3) is 11.8 Å². The van der Waals surface area contributed by atoms with Gasteiger partial charge in [0.05, 0.1) is 21.6 Å². The number of anilines is 2. The van der Waals surface area contributed by atoms with Gasteiger partial charge in [-0.15, -0.1) is 0 Å². The van der Waals surface area contributed by atoms with Crippen molar-refractivity contribution in [3.8, 4) is 0 Å². The summed E-state index contributed by atoms with van der Waals surface area (Å²) in [5, 5.41) is 51.0. The van der Waals surface area contributed by atoms with Gasteiger partial charge in [-0.05, 0) is 67.8 Å². The topological polar surface area (TPSA) is 202 Å². The normalized spacial score (nSPS) is 14.1. The van der Waals surface area contributed by atoms with Crippen LogP contribution in [-0.2, 0) is 14.4 Å². The molecule has 9 N–H and O–H groups in total. The van der Waals surface area contributed by atoms with Gasteiger partial charge in [0.1, 0.15) is 12.7 Å². The molecule has 0 aliphatic carbocycles. The average molecular weight is 735 g/mol. The van der Waals surface area contributed by atoms with Gasteiger partial charge >= 0.3 is 0 Å². The Labute approximate surface area is 199 Å². The minimum absolute atomic E-state index is 0.00477. The summed E-state index contributed by atoms with van der Waals surface area (Å²) in [6.07, 6.45) is -5.80. The molecule has 0 fully saturated rings. The first-order chi connectivity index (χ1) is 13.0. The summed E-state index contributed by atoms with van der Waals surface area (Å²) in [7, 11) is 0. The lowest BCUT2D eigenvalue weighted by Gasteiger charge is -2.21. The highest BCUT2D eigenvalue weighted by Crippen LogP contribution is 2.39. The quantitative estimate of drug-likeness (QED) is 0.120. The van der Waals surface area contributed by atoms with Crippen LogP contribution in [0.4, 0.5) is 11.4 Å². The monoisotopic (exact) mass is 735 g/mol. The Bertz CT molecular complexity index is 792. The van der Waals surface area contributed by atoms with E-state index in [-0.39, 0.29) is 20.5 Å². The van der Waals surface area contributed by atoms with Gasteiger partial charge in [-0.3, -0.25) is 19.7 Å². The molecule has 0 aliphatic heterocycles. The maximum Gasteiger partial charge on any atom is 0.260 e. The number of hydrogen-bond acceptors (Lipinski definition) is 9. The second-order valence-corrected chi connectivity index (χ2v) is 8.54. The summed E-state index contributed by atoms with van der Waals surface area (Å²) in [6, 6.07) is 0. The molecule has 3 amide bonds. The van der Waals surface area contributed by atoms with Crippen molar-refractivity contribution in [3.63, 3.8) is 0 Å². The average Bonchev–Trinajstić information content (AvgIpc) is 2.67. The van der Waals surface area contributed by atoms with Crippen molar-refractivity contribution < 1.29 is 39.9 Å². The van der Waals surface area contributed by atoms with E-state index in [1.54, 1.807) is 50.5 Å². The Hall–Kier alpha value is -0.380. The smallest absolute Gasteiger partial charge is 0.260 e. The molecule has 11 nitrogen and oxygen atoms in total. The molecule has 3 atom stereocenters. The van der Waals surface area contributed by atoms with Crippen LogP contribution in [0.5, 0.6) is 0 Å². The van der Waals surface area contributed by atoms with Gasteiger partial charge in [0.2, 0.25) is 5.91 Å². The summed E-state index contributed by atoms with van der Waals surface area (Å²) >= 11 is 5.40. The van der Waals surface area contributed by atoms with Crippen molar-refractivity contribution in [3.05, 3.63) is 16.3 Å². The number of benzene rings is 1. The third kappa shape index (κ3) is 5.83. The van der Waals surface area contributed by atoms with Crippen LogP contribution in [0.3, 0.4) is 0 Å². The number of amides is 3. The van der Waals surface area contributed by atoms with Gasteiger partial charge in [-0.25, -0.2) is 0 Å². The first kappa shape index (κ1) is 25.7. The SMILES string of the molecule is Nc1c(I)c(NC(=O)CO)c(I)c(C(O)C(=O)NC(=O)[C@H](O)[C@@H](O)CO)c1I. The Balaban J connectivity index is 3.26. The van der Waals surface area contributed by atoms with Crippen molar-refractivity contribution in [2.75, 3.05) is 24.3 Å². The number of aliphatic hydroxyl groups is 5. The van der Waals surface area contributed by atoms with E-state index < -0.39 is 49.2 Å². The molecular formula is C14H16I3N3O8. The van der Waals surface area contributed by atoms with Gasteiger partial charge in [-0.2, -0.15) is 0 Å². The lowest BCUT2D eigenvalue weighted by molar-refractivity contribution is -0.144. The van der Waals surface area contributed by atoms with Crippen molar-refractivity contribution in [1.29, 1.82) is 0 Å². The van der Waals surface area contributed by atoms with E-state index in [4.69, 9.17) is 15.9 Å². The molecule has 0 saturated heterocycles. The third-order valence-corrected chi connectivity index (χ3v) is 6.78. The van der Waals surface area contributed by atoms with Crippen LogP contribution < -0.4 is 16.4 Å². The van der Waals surface area contributed by atoms with Gasteiger partial charge < -0.3 is 36.6 Å². The van der Waals surface area contributed by atoms with Gasteiger partial charge in [0, 0.05) is 12.7 Å². The summed E-state index contributed by atoms with van der Waals surface area (Å²) in [4.78, 5) is 35.5. The Morgan fingerprint density at radius 3 is 2.04 bits per heavy atom. The number of hydrogen-bond donors (Lipinski definition) is 8. The second-order valence-electron chi connectivity index (χ2n) is 5.30. The zero-order valence-corrected chi connectivity index (χ0v) is 20.3. The highest BCUT2D eigenvalue weighted by atomic mass is 127. The molecular weight excluding hydrogens is 719 g/mol. The number of halogens is 3. The summed E-state index contributed by atoms with van der Waals surface area (Å²) in [5.74, 6) is -3.27. The van der Waals surface area contributed by atoms with E-state index in [9.17, 15) is 29.7 Å². The fraction of sp³-hybridized carbons (Fsp3) is 0.357. The third-order valence-electron chi connectivity index (χ3n) is 3.38. The van der Waals surface area contributed by atoms with E-state index >= 15 is 0 Å². The molecule has 14 heteroatoms. The summed E-state index contributed by atoms with van der Waals surface area (Å²) in [6.45, 7) is -1.71. The highest BCUT2D eigenvalue weighted by Gasteiger charge is 2.31. The first-order valence-electron chi connectivity index (χ1n) is 7.34. The van der Waals surface area contributed by atoms with Crippen LogP contribution in [0.1, 0.15) is 11.7 Å². The lowest BCUT2D eigenvalue weighted by atomic mass is 10.1. The second kappa shape index (κ2) is 11.1. The number of carbonyl (C=O) groups is 3. The maximum atomic E-state index is 12.2. The minimum Gasteiger partial charge on any atom is -0.397 e. The van der Waals surface area contributed by atoms with Gasteiger partial charge in [0.15, 0.2) is 12.2 Å². The van der Waals surface area contributed by atoms with E-state index in [2.05, 4.69) is 5.32 Å². The van der Waals surface area contributed by atoms with E-state index in [1.807, 2.05) is 22.6 Å². The maximum absolute atomic E-state index is 12.2. The molecule has 1 aromatic rings. The fourth-order valence-corrected chi connectivity index (χ4v) is 5.93. The van der Waals surface area contributed by atoms with E-state index in [0.717, 1.165) is 0 Å². The predicted molar refractivity (Wildman–Crippen MR) is 122 cm³/mol. The highest BCUT2D eigenvalue weighted by molar-refractivity contribution is 14.1. The number of aliphatic hydroxyl groups excluding tert-OH is 5. The Kier molecular flexibility index (Phi) is 10.2. The van der Waals surface area contributed by atoms with Gasteiger partial charge in [-0.1, -0.05) is 0 Å². The molecule has 0 aliphatic rings. The largest absolute Gasteiger partial charge is 0.397 e. The van der Waals surface area contributed by atoms with Crippen LogP contribution in [0.25, 0.3) is 0 Å². The molecule has 0 heterocycles. The molecule has 0 radical (unpaired) electrons. The zero-order valence-electron chi connectivity index (χ0n) is 13.8. The Morgan fingerprint density at radius 2 is 1.54 bits per heavy atom. The van der Waals surface area contributed by atoms with Crippen molar-refractivity contribution >= 4 is 96.9 Å². The molecule has 0 aromatic heterocycles. The molecule has 0 spiro atoms. The molecule has 156 valence electrons. The minimum atomic E-state index is -2.08. The molecule has 0 saturated carbocycles. The first-order valence-corrected chi connectivity index (χ1v) is 10.6. The summed E-state index contributed by atoms with van der Waals surface area (Å²) in [5.41, 5.74) is 6.29. The van der Waals surface area contributed by atoms with Crippen LogP contribution >= 0.6 is 67.8 Å². The molecule has 0 bridgehead atoms. The van der Waals surface area contributed by atoms with Crippen LogP contribution in [0.2, 0.25) is 0 Å². The fourth-order valence-electron chi connectivity index (χ4n) is 1.90. The van der Waals surface area contributed by atoms with E-state index in [1.165, 1.54) is 0 Å². The molecule has 1 unspecified atom stereocenters. The molecule has 1 rings (SSSR count). The number of nitrogens with one attached hydrogen (secondary N) is 2. The van der Waals surface area contributed by atoms with Crippen molar-refractivity contribution in [2.24, 2.45) is 0 Å². The number of carbonyl (C=O) groups excluding carboxylic acids is 3. The van der Waals surface area contributed by atoms with Crippen molar-refractivity contribution in [2.45, 2.75) is 18.3 Å². The Morgan fingerprint density at radius 1 is 0.964 bits per heavy atom. The molecule has 1 aromatic carbocycles. The predicted octanol–water partition coefficient (Wildman–Crippen LogP) is -1.60. The lowest BCUT2D eigenvalue weighted by Crippen LogP contribution is -2.47. The summed E-state index contributed by atoms with van der Waals surface area (Å²) < 4.78 is 0.954. The standard InChI is InChI=1S/C14H16I3N3O8/c15-6-5(7(16)10(8(17)9(6)18)19-4(24)2-22)12(26)14(28)20-13(27)11(25)3(23)1-21/h3,11-12,21-23,25-26H,1-2,18H2,(H,19,24)(H,20,27,28)/t3-,11+,12?/m0/s1. The van der Waals surface area contributed by atoms with Crippen LogP contribution in [0.15, 0.2) is 0 Å². The number of nitrogens with two attached hydrogens (primary N) is 1. The number of imide groups is 1. The van der Waals surface area contributed by atoms with Crippen molar-refractivity contribution in [1.82, 2.24) is 5.32 Å². The zero-order chi connectivity index (χ0) is 21.8. The number of nitrogen functional groups attached to an aromatic ring is 1.